The molecule has 0 aromatic carbocycles. The van der Waals surface area contributed by atoms with Crippen molar-refractivity contribution < 1.29 is 9.84 Å². The van der Waals surface area contributed by atoms with E-state index in [9.17, 15) is 5.11 Å². The summed E-state index contributed by atoms with van der Waals surface area (Å²) in [6.45, 7) is 4.30. The summed E-state index contributed by atoms with van der Waals surface area (Å²) < 4.78 is 5.66. The molecule has 0 fully saturated rings. The molecule has 0 aliphatic heterocycles. The summed E-state index contributed by atoms with van der Waals surface area (Å²) in [4.78, 5) is 0. The van der Waals surface area contributed by atoms with E-state index < -0.39 is 0 Å². The van der Waals surface area contributed by atoms with E-state index in [-0.39, 0.29) is 6.61 Å². The zero-order chi connectivity index (χ0) is 16.1. The van der Waals surface area contributed by atoms with Gasteiger partial charge in [-0.25, -0.2) is 5.11 Å². The predicted molar refractivity (Wildman–Crippen MR) is 95.9 cm³/mol. The van der Waals surface area contributed by atoms with Gasteiger partial charge in [0.25, 0.3) is 0 Å². The minimum Gasteiger partial charge on any atom is -0.381 e. The van der Waals surface area contributed by atoms with E-state index >= 15 is 0 Å². The van der Waals surface area contributed by atoms with Crippen molar-refractivity contribution in [3.05, 3.63) is 0 Å². The molecule has 0 aliphatic carbocycles. The summed E-state index contributed by atoms with van der Waals surface area (Å²) >= 11 is 0. The molecule has 0 heterocycles. The SMILES string of the molecule is CCCCCCOCCCCCCCCCCCCCC[O]. The van der Waals surface area contributed by atoms with Crippen molar-refractivity contribution in [1.29, 1.82) is 0 Å². The van der Waals surface area contributed by atoms with Gasteiger partial charge in [-0.15, -0.1) is 0 Å². The standard InChI is InChI=1S/C20H41O2/c1-2-3-4-16-19-22-20-17-14-12-10-8-6-5-7-9-11-13-15-18-21/h2-20H2,1H3. The van der Waals surface area contributed by atoms with Crippen LogP contribution in [-0.4, -0.2) is 19.8 Å². The van der Waals surface area contributed by atoms with Gasteiger partial charge in [-0.05, 0) is 19.3 Å². The molecule has 133 valence electrons. The predicted octanol–water partition coefficient (Wildman–Crippen LogP) is 6.70. The Hall–Kier alpha value is -0.0800. The van der Waals surface area contributed by atoms with Crippen LogP contribution in [0.4, 0.5) is 0 Å². The van der Waals surface area contributed by atoms with Gasteiger partial charge in [-0.3, -0.25) is 0 Å². The second kappa shape index (κ2) is 20.9. The first kappa shape index (κ1) is 21.9. The Morgan fingerprint density at radius 2 is 0.864 bits per heavy atom. The molecule has 0 amide bonds. The van der Waals surface area contributed by atoms with E-state index in [2.05, 4.69) is 6.92 Å². The van der Waals surface area contributed by atoms with Crippen molar-refractivity contribution in [3.63, 3.8) is 0 Å². The number of ether oxygens (including phenoxy) is 1. The third-order valence-electron chi connectivity index (χ3n) is 4.33. The summed E-state index contributed by atoms with van der Waals surface area (Å²) in [5.74, 6) is 0. The van der Waals surface area contributed by atoms with Crippen molar-refractivity contribution in [2.45, 2.75) is 110 Å². The fourth-order valence-electron chi connectivity index (χ4n) is 2.81. The van der Waals surface area contributed by atoms with E-state index in [0.717, 1.165) is 26.1 Å². The number of rotatable bonds is 19. The number of hydrogen-bond acceptors (Lipinski definition) is 1. The first-order valence-electron chi connectivity index (χ1n) is 10.1. The van der Waals surface area contributed by atoms with E-state index in [4.69, 9.17) is 4.74 Å². The Balaban J connectivity index is 2.91. The molecule has 2 nitrogen and oxygen atoms in total. The highest BCUT2D eigenvalue weighted by molar-refractivity contribution is 4.49. The topological polar surface area (TPSA) is 29.1 Å². The number of hydrogen-bond donors (Lipinski definition) is 0. The largest absolute Gasteiger partial charge is 0.381 e. The summed E-state index contributed by atoms with van der Waals surface area (Å²) in [5, 5.41) is 10.3. The van der Waals surface area contributed by atoms with Gasteiger partial charge in [0.15, 0.2) is 0 Å². The third kappa shape index (κ3) is 19.9. The molecule has 0 spiro atoms. The average Bonchev–Trinajstić information content (AvgIpc) is 2.54. The summed E-state index contributed by atoms with van der Waals surface area (Å²) in [6.07, 6.45) is 20.7. The molecule has 0 aliphatic rings. The van der Waals surface area contributed by atoms with Crippen molar-refractivity contribution >= 4 is 0 Å². The Bertz CT molecular complexity index is 163. The molecule has 22 heavy (non-hydrogen) atoms. The monoisotopic (exact) mass is 313 g/mol. The first-order valence-corrected chi connectivity index (χ1v) is 10.1. The lowest BCUT2D eigenvalue weighted by Gasteiger charge is -2.04. The molecule has 0 aromatic rings. The molecule has 0 saturated carbocycles. The molecule has 0 aromatic heterocycles. The van der Waals surface area contributed by atoms with Crippen LogP contribution in [0.2, 0.25) is 0 Å². The fraction of sp³-hybridized carbons (Fsp3) is 1.00. The van der Waals surface area contributed by atoms with E-state index in [1.165, 1.54) is 89.9 Å². The van der Waals surface area contributed by atoms with Crippen LogP contribution in [0.25, 0.3) is 0 Å². The maximum absolute atomic E-state index is 10.3. The van der Waals surface area contributed by atoms with Gasteiger partial charge < -0.3 is 4.74 Å². The van der Waals surface area contributed by atoms with Crippen LogP contribution in [0.5, 0.6) is 0 Å². The average molecular weight is 314 g/mol. The molecular weight excluding hydrogens is 272 g/mol. The summed E-state index contributed by atoms with van der Waals surface area (Å²) in [6, 6.07) is 0. The Labute approximate surface area is 140 Å². The molecule has 2 heteroatoms. The molecule has 0 rings (SSSR count). The molecule has 1 radical (unpaired) electrons. The van der Waals surface area contributed by atoms with Crippen LogP contribution in [-0.2, 0) is 9.84 Å². The van der Waals surface area contributed by atoms with E-state index in [1.54, 1.807) is 0 Å². The molecular formula is C20H41O2. The molecule has 0 bridgehead atoms. The molecule has 0 N–H and O–H groups in total. The number of unbranched alkanes of at least 4 members (excludes halogenated alkanes) is 14. The van der Waals surface area contributed by atoms with Crippen molar-refractivity contribution in [2.24, 2.45) is 0 Å². The summed E-state index contributed by atoms with van der Waals surface area (Å²) in [5.41, 5.74) is 0. The van der Waals surface area contributed by atoms with Crippen LogP contribution < -0.4 is 0 Å². The minimum absolute atomic E-state index is 0.115. The van der Waals surface area contributed by atoms with Crippen LogP contribution in [0, 0.1) is 0 Å². The third-order valence-corrected chi connectivity index (χ3v) is 4.33. The van der Waals surface area contributed by atoms with E-state index in [0.29, 0.717) is 0 Å². The van der Waals surface area contributed by atoms with Gasteiger partial charge in [0.2, 0.25) is 0 Å². The quantitative estimate of drug-likeness (QED) is 0.244. The fourth-order valence-corrected chi connectivity index (χ4v) is 2.81. The Morgan fingerprint density at radius 3 is 1.27 bits per heavy atom. The second-order valence-corrected chi connectivity index (χ2v) is 6.62. The van der Waals surface area contributed by atoms with Gasteiger partial charge in [0.1, 0.15) is 0 Å². The van der Waals surface area contributed by atoms with Crippen molar-refractivity contribution in [1.82, 2.24) is 0 Å². The highest BCUT2D eigenvalue weighted by Gasteiger charge is 1.94. The van der Waals surface area contributed by atoms with Gasteiger partial charge in [0.05, 0.1) is 6.61 Å². The van der Waals surface area contributed by atoms with Crippen molar-refractivity contribution in [3.8, 4) is 0 Å². The molecule has 0 unspecified atom stereocenters. The first-order chi connectivity index (χ1) is 10.9. The lowest BCUT2D eigenvalue weighted by molar-refractivity contribution is 0.125. The zero-order valence-electron chi connectivity index (χ0n) is 15.3. The highest BCUT2D eigenvalue weighted by Crippen LogP contribution is 2.12. The summed E-state index contributed by atoms with van der Waals surface area (Å²) in [7, 11) is 0. The lowest BCUT2D eigenvalue weighted by atomic mass is 10.1. The van der Waals surface area contributed by atoms with Crippen LogP contribution >= 0.6 is 0 Å². The minimum atomic E-state index is 0.115. The molecule has 0 saturated heterocycles. The maximum Gasteiger partial charge on any atom is 0.0822 e. The smallest absolute Gasteiger partial charge is 0.0822 e. The van der Waals surface area contributed by atoms with Crippen molar-refractivity contribution in [2.75, 3.05) is 19.8 Å². The van der Waals surface area contributed by atoms with Gasteiger partial charge in [-0.1, -0.05) is 90.4 Å². The van der Waals surface area contributed by atoms with Crippen LogP contribution in [0.15, 0.2) is 0 Å². The van der Waals surface area contributed by atoms with Gasteiger partial charge in [-0.2, -0.15) is 0 Å². The normalized spacial score (nSPS) is 11.2. The second-order valence-electron chi connectivity index (χ2n) is 6.62. The van der Waals surface area contributed by atoms with Gasteiger partial charge in [0, 0.05) is 13.2 Å². The Kier molecular flexibility index (Phi) is 20.8. The Morgan fingerprint density at radius 1 is 0.500 bits per heavy atom. The lowest BCUT2D eigenvalue weighted by Crippen LogP contribution is -1.97. The van der Waals surface area contributed by atoms with Gasteiger partial charge >= 0.3 is 0 Å². The van der Waals surface area contributed by atoms with Crippen LogP contribution in [0.3, 0.4) is 0 Å². The van der Waals surface area contributed by atoms with E-state index in [1.807, 2.05) is 0 Å². The van der Waals surface area contributed by atoms with Crippen LogP contribution in [0.1, 0.15) is 110 Å². The molecule has 0 atom stereocenters. The zero-order valence-corrected chi connectivity index (χ0v) is 15.3. The maximum atomic E-state index is 10.3. The highest BCUT2D eigenvalue weighted by atomic mass is 16.5.